The molecule has 0 spiro atoms. The Hall–Kier alpha value is -0.120. The van der Waals surface area contributed by atoms with E-state index in [1.54, 1.807) is 0 Å². The molecule has 1 saturated carbocycles. The summed E-state index contributed by atoms with van der Waals surface area (Å²) in [4.78, 5) is 5.40. The van der Waals surface area contributed by atoms with E-state index in [0.717, 1.165) is 18.0 Å². The Morgan fingerprint density at radius 3 is 2.33 bits per heavy atom. The topological polar surface area (TPSA) is 18.5 Å². The molecule has 3 atom stereocenters. The van der Waals surface area contributed by atoms with Crippen molar-refractivity contribution < 1.29 is 0 Å². The number of nitrogens with zero attached hydrogens (tertiary/aromatic N) is 2. The van der Waals surface area contributed by atoms with Crippen LogP contribution in [-0.4, -0.2) is 61.2 Å². The van der Waals surface area contributed by atoms with Crippen molar-refractivity contribution in [3.63, 3.8) is 0 Å². The zero-order valence-corrected chi connectivity index (χ0v) is 14.6. The monoisotopic (exact) mass is 295 g/mol. The summed E-state index contributed by atoms with van der Waals surface area (Å²) >= 11 is 0. The van der Waals surface area contributed by atoms with E-state index in [2.05, 4.69) is 35.9 Å². The lowest BCUT2D eigenvalue weighted by atomic mass is 9.79. The molecule has 0 amide bonds. The predicted octanol–water partition coefficient (Wildman–Crippen LogP) is 2.96. The molecule has 3 nitrogen and oxygen atoms in total. The van der Waals surface area contributed by atoms with Gasteiger partial charge in [0.1, 0.15) is 0 Å². The molecule has 1 saturated heterocycles. The van der Waals surface area contributed by atoms with E-state index in [-0.39, 0.29) is 0 Å². The second kappa shape index (κ2) is 9.12. The maximum Gasteiger partial charge on any atom is 0.0253 e. The van der Waals surface area contributed by atoms with Crippen LogP contribution >= 0.6 is 0 Å². The average Bonchev–Trinajstić information content (AvgIpc) is 2.54. The number of hydrogen-bond acceptors (Lipinski definition) is 3. The first-order valence-electron chi connectivity index (χ1n) is 9.48. The molecule has 124 valence electrons. The van der Waals surface area contributed by atoms with Crippen molar-refractivity contribution in [2.75, 3.05) is 39.3 Å². The molecule has 21 heavy (non-hydrogen) atoms. The summed E-state index contributed by atoms with van der Waals surface area (Å²) < 4.78 is 0. The minimum atomic E-state index is 0.742. The Morgan fingerprint density at radius 1 is 0.952 bits per heavy atom. The van der Waals surface area contributed by atoms with E-state index in [1.165, 1.54) is 77.8 Å². The number of piperazine rings is 1. The van der Waals surface area contributed by atoms with Gasteiger partial charge in [0.15, 0.2) is 0 Å². The molecule has 1 heterocycles. The fourth-order valence-corrected chi connectivity index (χ4v) is 4.28. The van der Waals surface area contributed by atoms with Crippen LogP contribution in [0.5, 0.6) is 0 Å². The van der Waals surface area contributed by atoms with Gasteiger partial charge < -0.3 is 10.2 Å². The van der Waals surface area contributed by atoms with E-state index >= 15 is 0 Å². The highest BCUT2D eigenvalue weighted by atomic mass is 15.3. The lowest BCUT2D eigenvalue weighted by Crippen LogP contribution is -2.58. The van der Waals surface area contributed by atoms with Gasteiger partial charge in [-0.05, 0) is 44.7 Å². The minimum absolute atomic E-state index is 0.742. The van der Waals surface area contributed by atoms with Gasteiger partial charge in [-0.1, -0.05) is 33.6 Å². The first-order chi connectivity index (χ1) is 10.3. The van der Waals surface area contributed by atoms with Gasteiger partial charge in [0.05, 0.1) is 0 Å². The van der Waals surface area contributed by atoms with Crippen molar-refractivity contribution >= 4 is 0 Å². The Morgan fingerprint density at radius 2 is 1.71 bits per heavy atom. The van der Waals surface area contributed by atoms with Crippen molar-refractivity contribution in [3.05, 3.63) is 0 Å². The molecule has 3 heteroatoms. The van der Waals surface area contributed by atoms with Crippen molar-refractivity contribution in [3.8, 4) is 0 Å². The van der Waals surface area contributed by atoms with Crippen LogP contribution in [0.2, 0.25) is 0 Å². The highest BCUT2D eigenvalue weighted by Gasteiger charge is 2.34. The molecular formula is C18H37N3. The lowest BCUT2D eigenvalue weighted by Gasteiger charge is -2.46. The largest absolute Gasteiger partial charge is 0.312 e. The van der Waals surface area contributed by atoms with Crippen molar-refractivity contribution in [1.29, 1.82) is 0 Å². The van der Waals surface area contributed by atoms with Crippen molar-refractivity contribution in [2.45, 2.75) is 71.4 Å². The average molecular weight is 296 g/mol. The summed E-state index contributed by atoms with van der Waals surface area (Å²) in [5, 5.41) is 3.85. The molecule has 0 bridgehead atoms. The Balaban J connectivity index is 1.92. The molecule has 0 aromatic carbocycles. The second-order valence-corrected chi connectivity index (χ2v) is 7.07. The van der Waals surface area contributed by atoms with Crippen LogP contribution in [0.4, 0.5) is 0 Å². The predicted molar refractivity (Wildman–Crippen MR) is 91.8 cm³/mol. The maximum atomic E-state index is 3.85. The van der Waals surface area contributed by atoms with Crippen LogP contribution in [0.1, 0.15) is 59.3 Å². The molecule has 0 aromatic rings. The van der Waals surface area contributed by atoms with Crippen LogP contribution in [0, 0.1) is 5.92 Å². The third-order valence-corrected chi connectivity index (χ3v) is 5.60. The summed E-state index contributed by atoms with van der Waals surface area (Å²) in [5.41, 5.74) is 0. The van der Waals surface area contributed by atoms with Gasteiger partial charge in [0.2, 0.25) is 0 Å². The Kier molecular flexibility index (Phi) is 7.48. The highest BCUT2D eigenvalue weighted by molar-refractivity contribution is 4.92. The molecule has 1 N–H and O–H groups in total. The number of hydrogen-bond donors (Lipinski definition) is 1. The summed E-state index contributed by atoms with van der Waals surface area (Å²) in [7, 11) is 0. The van der Waals surface area contributed by atoms with Crippen molar-refractivity contribution in [2.24, 2.45) is 5.92 Å². The fraction of sp³-hybridized carbons (Fsp3) is 1.00. The fourth-order valence-electron chi connectivity index (χ4n) is 4.28. The quantitative estimate of drug-likeness (QED) is 0.779. The molecular weight excluding hydrogens is 258 g/mol. The van der Waals surface area contributed by atoms with Crippen LogP contribution in [-0.2, 0) is 0 Å². The van der Waals surface area contributed by atoms with Gasteiger partial charge >= 0.3 is 0 Å². The Bertz CT molecular complexity index is 274. The SMILES string of the molecule is CCCNC1CCC(CCC)CC1N1CCN(CC)CC1. The van der Waals surface area contributed by atoms with E-state index in [1.807, 2.05) is 0 Å². The summed E-state index contributed by atoms with van der Waals surface area (Å²) in [6.45, 7) is 14.4. The van der Waals surface area contributed by atoms with Gasteiger partial charge in [-0.3, -0.25) is 4.90 Å². The molecule has 1 aliphatic carbocycles. The molecule has 2 rings (SSSR count). The summed E-state index contributed by atoms with van der Waals surface area (Å²) in [5.74, 6) is 0.976. The molecule has 2 aliphatic rings. The minimum Gasteiger partial charge on any atom is -0.312 e. The highest BCUT2D eigenvalue weighted by Crippen LogP contribution is 2.31. The second-order valence-electron chi connectivity index (χ2n) is 7.07. The number of rotatable bonds is 7. The Labute approximate surface area is 132 Å². The van der Waals surface area contributed by atoms with Gasteiger partial charge in [-0.15, -0.1) is 0 Å². The van der Waals surface area contributed by atoms with Gasteiger partial charge in [-0.25, -0.2) is 0 Å². The van der Waals surface area contributed by atoms with Crippen LogP contribution in [0.3, 0.4) is 0 Å². The summed E-state index contributed by atoms with van der Waals surface area (Å²) in [6.07, 6.45) is 8.32. The molecule has 0 radical (unpaired) electrons. The van der Waals surface area contributed by atoms with Gasteiger partial charge in [0.25, 0.3) is 0 Å². The smallest absolute Gasteiger partial charge is 0.0253 e. The van der Waals surface area contributed by atoms with Gasteiger partial charge in [0, 0.05) is 38.3 Å². The van der Waals surface area contributed by atoms with E-state index in [9.17, 15) is 0 Å². The van der Waals surface area contributed by atoms with Crippen LogP contribution < -0.4 is 5.32 Å². The van der Waals surface area contributed by atoms with Gasteiger partial charge in [-0.2, -0.15) is 0 Å². The maximum absolute atomic E-state index is 3.85. The number of likely N-dealkylation sites (N-methyl/N-ethyl adjacent to an activating group) is 1. The third kappa shape index (κ3) is 4.94. The zero-order chi connectivity index (χ0) is 15.1. The third-order valence-electron chi connectivity index (χ3n) is 5.60. The normalized spacial score (nSPS) is 32.4. The van der Waals surface area contributed by atoms with Crippen LogP contribution in [0.25, 0.3) is 0 Å². The zero-order valence-electron chi connectivity index (χ0n) is 14.6. The van der Waals surface area contributed by atoms with E-state index < -0.39 is 0 Å². The lowest BCUT2D eigenvalue weighted by molar-refractivity contribution is 0.0481. The number of nitrogens with one attached hydrogen (secondary N) is 1. The molecule has 3 unspecified atom stereocenters. The molecule has 2 fully saturated rings. The molecule has 0 aromatic heterocycles. The van der Waals surface area contributed by atoms with E-state index in [0.29, 0.717) is 0 Å². The first kappa shape index (κ1) is 17.2. The van der Waals surface area contributed by atoms with E-state index in [4.69, 9.17) is 0 Å². The molecule has 1 aliphatic heterocycles. The summed E-state index contributed by atoms with van der Waals surface area (Å²) in [6, 6.07) is 1.53. The standard InChI is InChI=1S/C18H37N3/c1-4-7-16-8-9-17(19-10-5-2)18(15-16)21-13-11-20(6-3)12-14-21/h16-19H,4-15H2,1-3H3. The van der Waals surface area contributed by atoms with Crippen LogP contribution in [0.15, 0.2) is 0 Å². The first-order valence-corrected chi connectivity index (χ1v) is 9.48. The van der Waals surface area contributed by atoms with Crippen molar-refractivity contribution in [1.82, 2.24) is 15.1 Å².